The highest BCUT2D eigenvalue weighted by atomic mass is 19.1. The van der Waals surface area contributed by atoms with Crippen LogP contribution in [0.5, 0.6) is 0 Å². The summed E-state index contributed by atoms with van der Waals surface area (Å²) < 4.78 is 92.9. The summed E-state index contributed by atoms with van der Waals surface area (Å²) in [6.45, 7) is 45.0. The Kier molecular flexibility index (Phi) is 41.6. The van der Waals surface area contributed by atoms with Gasteiger partial charge in [-0.15, -0.1) is 0 Å². The summed E-state index contributed by atoms with van der Waals surface area (Å²) in [5, 5.41) is 0. The van der Waals surface area contributed by atoms with Crippen LogP contribution in [0.2, 0.25) is 0 Å². The molecule has 4 saturated heterocycles. The van der Waals surface area contributed by atoms with Gasteiger partial charge in [0.2, 0.25) is 0 Å². The summed E-state index contributed by atoms with van der Waals surface area (Å²) >= 11 is 0. The average molecular weight is 1980 g/mol. The third kappa shape index (κ3) is 31.0. The number of nitrogens with zero attached hydrogens (tertiary/aromatic N) is 16. The first-order valence-electron chi connectivity index (χ1n) is 54.0. The topological polar surface area (TPSA) is 165 Å². The number of amides is 4. The Labute approximate surface area is 851 Å². The van der Waals surface area contributed by atoms with Gasteiger partial charge < -0.3 is 37.9 Å². The maximum absolute atomic E-state index is 14.5. The second-order valence-corrected chi connectivity index (χ2v) is 42.0. The Balaban J connectivity index is 0.000000161. The van der Waals surface area contributed by atoms with Crippen molar-refractivity contribution in [1.29, 1.82) is 0 Å². The van der Waals surface area contributed by atoms with Gasteiger partial charge in [0.15, 0.2) is 0 Å². The summed E-state index contributed by atoms with van der Waals surface area (Å²) in [7, 11) is 0. The van der Waals surface area contributed by atoms with Crippen LogP contribution in [0, 0.1) is 52.2 Å². The second-order valence-electron chi connectivity index (χ2n) is 42.0. The quantitative estimate of drug-likeness (QED) is 0.0342. The van der Waals surface area contributed by atoms with Crippen molar-refractivity contribution in [2.75, 3.05) is 78.5 Å². The number of imidazole rings is 4. The summed E-state index contributed by atoms with van der Waals surface area (Å²) in [5.41, 5.74) is 13.8. The van der Waals surface area contributed by atoms with Crippen LogP contribution < -0.4 is 0 Å². The molecule has 0 saturated carbocycles. The standard InChI is InChI=1S/C30H40F2N4O.C30H41FN4O.C29H38F2N4O.C29H39FN4O/c1-4-14-36-28-13-10-23(20-34-15-8-6-5-7-9-16-34)17-27(28)33-29(36)21-35(19-22(2)3)30(37)25-18-24(31)11-12-26(25)32;1-6-14-35-27-12-11-23(19-33-15-8-13-30(4,5)21-33)16-26(27)32-28(35)20-34(18-22(2)3)29(36)24-9-7-10-25(31)17-24;1-3-14-34(29(36)24-19-23(30)11-12-25(24)31)21-28-32-26-18-22(10-13-27(26)35(28)15-4-2)20-33-16-8-6-5-7-9-17-33;1-3-15-33(29(35)24-11-10-12-25(30)20-24)22-28-31-26-19-23(13-14-27(26)34(28)16-4-2)21-32-17-8-6-5-7-9-18-32/h10-13,17-18,22H,4-9,14-16,19-21H2,1-3H3;7,9-12,16-17,22H,6,8,13-15,18-21H2,1-5H3;10-13,18-19H,3-9,14-17,20-21H2,1-2H3;10-14,19-20H,3-9,15-18,21-22H2,1-2H3. The molecule has 8 aromatic carbocycles. The number of fused-ring (bicyclic) bond motifs is 4. The first-order valence-corrected chi connectivity index (χ1v) is 54.0. The van der Waals surface area contributed by atoms with Gasteiger partial charge in [-0.2, -0.15) is 0 Å². The maximum Gasteiger partial charge on any atom is 0.257 e. The van der Waals surface area contributed by atoms with Gasteiger partial charge >= 0.3 is 0 Å². The highest BCUT2D eigenvalue weighted by Gasteiger charge is 2.31. The number of aromatic nitrogens is 8. The first kappa shape index (κ1) is 110. The predicted molar refractivity (Wildman–Crippen MR) is 568 cm³/mol. The van der Waals surface area contributed by atoms with Gasteiger partial charge in [-0.3, -0.25) is 38.8 Å². The molecular weight excluding hydrogens is 1820 g/mol. The molecular formula is C118H158F6N16O4. The van der Waals surface area contributed by atoms with E-state index < -0.39 is 46.7 Å². The van der Waals surface area contributed by atoms with E-state index in [2.05, 4.69) is 173 Å². The molecule has 12 aromatic rings. The molecule has 4 fully saturated rings. The summed E-state index contributed by atoms with van der Waals surface area (Å²) in [4.78, 5) is 90.1. The summed E-state index contributed by atoms with van der Waals surface area (Å²) in [6.07, 6.45) is 27.4. The third-order valence-corrected chi connectivity index (χ3v) is 27.9. The summed E-state index contributed by atoms with van der Waals surface area (Å²) in [6, 6.07) is 44.2. The van der Waals surface area contributed by atoms with Gasteiger partial charge in [-0.1, -0.05) is 177 Å². The van der Waals surface area contributed by atoms with E-state index in [1.165, 1.54) is 169 Å². The number of piperidine rings is 1. The molecule has 0 radical (unpaired) electrons. The number of likely N-dealkylation sites (tertiary alicyclic amines) is 4. The minimum Gasteiger partial charge on any atom is -0.331 e. The number of benzene rings is 8. The fraction of sp³-hybridized carbons (Fsp3) is 0.525. The van der Waals surface area contributed by atoms with E-state index in [0.29, 0.717) is 62.2 Å². The molecule has 0 spiro atoms. The van der Waals surface area contributed by atoms with Crippen LogP contribution >= 0.6 is 0 Å². The van der Waals surface area contributed by atoms with Crippen molar-refractivity contribution in [2.24, 2.45) is 17.3 Å². The van der Waals surface area contributed by atoms with Crippen LogP contribution in [0.15, 0.2) is 158 Å². The van der Waals surface area contributed by atoms with Gasteiger partial charge in [0.05, 0.1) is 81.4 Å². The minimum absolute atomic E-state index is 0.153. The van der Waals surface area contributed by atoms with E-state index in [1.807, 2.05) is 25.7 Å². The molecule has 26 heteroatoms. The lowest BCUT2D eigenvalue weighted by atomic mass is 9.84. The fourth-order valence-electron chi connectivity index (χ4n) is 21.1. The molecule has 0 bridgehead atoms. The van der Waals surface area contributed by atoms with Crippen molar-refractivity contribution in [1.82, 2.24) is 77.4 Å². The van der Waals surface area contributed by atoms with Crippen LogP contribution in [0.4, 0.5) is 26.3 Å². The monoisotopic (exact) mass is 1980 g/mol. The highest BCUT2D eigenvalue weighted by molar-refractivity contribution is 5.96. The van der Waals surface area contributed by atoms with Crippen molar-refractivity contribution in [3.05, 3.63) is 260 Å². The Morgan fingerprint density at radius 1 is 0.319 bits per heavy atom. The average Bonchev–Trinajstić information content (AvgIpc) is 1.65. The van der Waals surface area contributed by atoms with Crippen LogP contribution in [0.3, 0.4) is 0 Å². The Hall–Kier alpha value is -11.1. The fourth-order valence-corrected chi connectivity index (χ4v) is 21.1. The number of hydrogen-bond donors (Lipinski definition) is 0. The molecule has 4 aromatic heterocycles. The molecule has 0 N–H and O–H groups in total. The van der Waals surface area contributed by atoms with Gasteiger partial charge in [0.25, 0.3) is 23.6 Å². The van der Waals surface area contributed by atoms with Crippen molar-refractivity contribution in [2.45, 2.75) is 309 Å². The highest BCUT2D eigenvalue weighted by Crippen LogP contribution is 2.34. The molecule has 776 valence electrons. The number of carbonyl (C=O) groups excluding carboxylic acids is 4. The van der Waals surface area contributed by atoms with Gasteiger partial charge in [-0.25, -0.2) is 46.3 Å². The van der Waals surface area contributed by atoms with Crippen LogP contribution in [-0.4, -0.2) is 180 Å². The molecule has 16 rings (SSSR count). The lowest BCUT2D eigenvalue weighted by Crippen LogP contribution is -2.39. The Morgan fingerprint density at radius 3 is 0.917 bits per heavy atom. The molecule has 144 heavy (non-hydrogen) atoms. The van der Waals surface area contributed by atoms with Gasteiger partial charge in [-0.05, 0) is 297 Å². The van der Waals surface area contributed by atoms with E-state index in [0.717, 1.165) is 228 Å². The zero-order chi connectivity index (χ0) is 102. The maximum atomic E-state index is 14.5. The Morgan fingerprint density at radius 2 is 0.604 bits per heavy atom. The number of halogens is 6. The smallest absolute Gasteiger partial charge is 0.257 e. The van der Waals surface area contributed by atoms with E-state index in [-0.39, 0.29) is 47.9 Å². The molecule has 20 nitrogen and oxygen atoms in total. The zero-order valence-corrected chi connectivity index (χ0v) is 88.0. The van der Waals surface area contributed by atoms with Crippen molar-refractivity contribution in [3.63, 3.8) is 0 Å². The molecule has 4 aliphatic heterocycles. The lowest BCUT2D eigenvalue weighted by molar-refractivity contribution is 0.0706. The zero-order valence-electron chi connectivity index (χ0n) is 88.0. The molecule has 0 atom stereocenters. The molecule has 4 amide bonds. The van der Waals surface area contributed by atoms with Crippen LogP contribution in [-0.2, 0) is 78.5 Å². The van der Waals surface area contributed by atoms with Gasteiger partial charge in [0.1, 0.15) is 58.2 Å². The number of aryl methyl sites for hydroxylation is 4. The minimum atomic E-state index is -0.712. The second kappa shape index (κ2) is 54.4. The lowest BCUT2D eigenvalue weighted by Gasteiger charge is -2.38. The van der Waals surface area contributed by atoms with Crippen LogP contribution in [0.25, 0.3) is 44.1 Å². The van der Waals surface area contributed by atoms with E-state index >= 15 is 0 Å². The summed E-state index contributed by atoms with van der Waals surface area (Å²) in [5.74, 6) is -1.04. The molecule has 8 heterocycles. The van der Waals surface area contributed by atoms with E-state index in [9.17, 15) is 45.5 Å². The van der Waals surface area contributed by atoms with Crippen molar-refractivity contribution in [3.8, 4) is 0 Å². The number of carbonyl (C=O) groups is 4. The SMILES string of the molecule is CCCN(Cc1nc2cc(CN3CCCCCCC3)ccc2n1CCC)C(=O)c1cc(F)ccc1F.CCCN(Cc1nc2cc(CN3CCCCCCC3)ccc2n1CCC)C(=O)c1cccc(F)c1.CCCn1c(CN(CC(C)C)C(=O)c2cc(F)ccc2F)nc2cc(CN3CCCCCCC3)ccc21.CCCn1c(CN(CC(C)C)C(=O)c2cccc(F)c2)nc2cc(CN3CCCC(C)(C)C3)ccc21. The van der Waals surface area contributed by atoms with Crippen molar-refractivity contribution >= 4 is 67.8 Å². The van der Waals surface area contributed by atoms with Crippen LogP contribution in [0.1, 0.15) is 318 Å². The normalized spacial score (nSPS) is 15.4. The molecule has 0 unspecified atom stereocenters. The number of hydrogen-bond acceptors (Lipinski definition) is 12. The number of rotatable bonds is 36. The predicted octanol–water partition coefficient (Wildman–Crippen LogP) is 26.2. The third-order valence-electron chi connectivity index (χ3n) is 27.9. The van der Waals surface area contributed by atoms with E-state index in [4.69, 9.17) is 19.9 Å². The molecule has 0 aliphatic carbocycles. The largest absolute Gasteiger partial charge is 0.331 e. The Bertz CT molecular complexity index is 6150. The van der Waals surface area contributed by atoms with E-state index in [1.54, 1.807) is 39.0 Å². The first-order chi connectivity index (χ1) is 69.6. The van der Waals surface area contributed by atoms with Crippen molar-refractivity contribution < 1.29 is 45.5 Å². The van der Waals surface area contributed by atoms with Gasteiger partial charge in [0, 0.05) is 96.2 Å². The molecule has 4 aliphatic rings.